The monoisotopic (exact) mass is 339 g/mol. The number of ether oxygens (including phenoxy) is 1. The Hall–Kier alpha value is -0.750. The molecule has 2 nitrogen and oxygen atoms in total. The Labute approximate surface area is 119 Å². The Morgan fingerprint density at radius 3 is 2.53 bits per heavy atom. The van der Waals surface area contributed by atoms with Crippen molar-refractivity contribution in [2.75, 3.05) is 13.7 Å². The van der Waals surface area contributed by atoms with Crippen molar-refractivity contribution in [1.82, 2.24) is 5.32 Å². The number of likely N-dealkylation sites (N-methyl/N-ethyl adjacent to an activating group) is 1. The molecule has 108 valence electrons. The lowest BCUT2D eigenvalue weighted by Crippen LogP contribution is -2.35. The molecule has 0 saturated carbocycles. The average Bonchev–Trinajstić information content (AvgIpc) is 2.27. The molecule has 1 aromatic carbocycles. The highest BCUT2D eigenvalue weighted by Gasteiger charge is 2.31. The number of halogens is 4. The van der Waals surface area contributed by atoms with Crippen LogP contribution in [0.2, 0.25) is 0 Å². The van der Waals surface area contributed by atoms with Crippen molar-refractivity contribution in [3.8, 4) is 5.75 Å². The zero-order valence-electron chi connectivity index (χ0n) is 10.9. The first kappa shape index (κ1) is 16.3. The summed E-state index contributed by atoms with van der Waals surface area (Å²) in [5.74, 6) is 0.666. The van der Waals surface area contributed by atoms with Gasteiger partial charge in [-0.2, -0.15) is 13.2 Å². The highest BCUT2D eigenvalue weighted by Crippen LogP contribution is 2.28. The zero-order chi connectivity index (χ0) is 14.5. The van der Waals surface area contributed by atoms with Crippen LogP contribution < -0.4 is 10.1 Å². The van der Waals surface area contributed by atoms with Gasteiger partial charge in [-0.25, -0.2) is 0 Å². The second kappa shape index (κ2) is 7.14. The molecule has 19 heavy (non-hydrogen) atoms. The maximum Gasteiger partial charge on any atom is 0.390 e. The van der Waals surface area contributed by atoms with E-state index in [4.69, 9.17) is 4.74 Å². The summed E-state index contributed by atoms with van der Waals surface area (Å²) in [4.78, 5) is 0. The third-order valence-electron chi connectivity index (χ3n) is 2.67. The van der Waals surface area contributed by atoms with Gasteiger partial charge in [0.05, 0.1) is 18.0 Å². The first-order chi connectivity index (χ1) is 8.85. The molecule has 0 aliphatic heterocycles. The van der Waals surface area contributed by atoms with E-state index in [1.54, 1.807) is 32.2 Å². The van der Waals surface area contributed by atoms with Crippen molar-refractivity contribution in [2.45, 2.75) is 32.0 Å². The minimum Gasteiger partial charge on any atom is -0.496 e. The Morgan fingerprint density at radius 2 is 2.05 bits per heavy atom. The predicted molar refractivity (Wildman–Crippen MR) is 72.5 cm³/mol. The maximum atomic E-state index is 12.5. The lowest BCUT2D eigenvalue weighted by Gasteiger charge is -2.20. The van der Waals surface area contributed by atoms with Gasteiger partial charge in [0.25, 0.3) is 0 Å². The van der Waals surface area contributed by atoms with Crippen LogP contribution in [0.25, 0.3) is 0 Å². The summed E-state index contributed by atoms with van der Waals surface area (Å²) in [6.07, 6.45) is -4.66. The molecule has 0 amide bonds. The topological polar surface area (TPSA) is 21.3 Å². The Morgan fingerprint density at radius 1 is 1.37 bits per heavy atom. The van der Waals surface area contributed by atoms with Crippen LogP contribution in [0, 0.1) is 0 Å². The van der Waals surface area contributed by atoms with Crippen molar-refractivity contribution < 1.29 is 17.9 Å². The van der Waals surface area contributed by atoms with Crippen LogP contribution in [-0.2, 0) is 6.42 Å². The molecule has 0 aliphatic rings. The minimum absolute atomic E-state index is 0.329. The molecular formula is C13H17BrF3NO. The molecule has 0 radical (unpaired) electrons. The lowest BCUT2D eigenvalue weighted by molar-refractivity contribution is -0.139. The molecule has 0 fully saturated rings. The van der Waals surface area contributed by atoms with Crippen LogP contribution >= 0.6 is 15.9 Å². The fourth-order valence-electron chi connectivity index (χ4n) is 1.91. The van der Waals surface area contributed by atoms with E-state index in [9.17, 15) is 13.2 Å². The Kier molecular flexibility index (Phi) is 6.13. The van der Waals surface area contributed by atoms with Gasteiger partial charge in [0.2, 0.25) is 0 Å². The first-order valence-electron chi connectivity index (χ1n) is 5.98. The van der Waals surface area contributed by atoms with Crippen LogP contribution in [0.5, 0.6) is 5.75 Å². The molecule has 6 heteroatoms. The second-order valence-corrected chi connectivity index (χ2v) is 5.10. The second-order valence-electron chi connectivity index (χ2n) is 4.25. The molecule has 0 heterocycles. The van der Waals surface area contributed by atoms with Crippen LogP contribution in [-0.4, -0.2) is 25.9 Å². The van der Waals surface area contributed by atoms with E-state index in [1.165, 1.54) is 0 Å². The van der Waals surface area contributed by atoms with Gasteiger partial charge in [0.1, 0.15) is 5.75 Å². The van der Waals surface area contributed by atoms with Gasteiger partial charge in [-0.1, -0.05) is 13.0 Å². The zero-order valence-corrected chi connectivity index (χ0v) is 12.4. The number of nitrogens with one attached hydrogen (secondary N) is 1. The number of hydrogen-bond acceptors (Lipinski definition) is 2. The van der Waals surface area contributed by atoms with E-state index in [0.29, 0.717) is 18.7 Å². The number of hydrogen-bond donors (Lipinski definition) is 1. The van der Waals surface area contributed by atoms with Crippen LogP contribution in [0.3, 0.4) is 0 Å². The van der Waals surface area contributed by atoms with E-state index in [1.807, 2.05) is 0 Å². The number of rotatable bonds is 6. The van der Waals surface area contributed by atoms with E-state index in [-0.39, 0.29) is 0 Å². The van der Waals surface area contributed by atoms with Gasteiger partial charge in [0, 0.05) is 6.04 Å². The quantitative estimate of drug-likeness (QED) is 0.847. The molecule has 1 unspecified atom stereocenters. The normalized spacial score (nSPS) is 13.4. The fourth-order valence-corrected chi connectivity index (χ4v) is 2.49. The molecule has 1 aromatic rings. The lowest BCUT2D eigenvalue weighted by atomic mass is 10.0. The summed E-state index contributed by atoms with van der Waals surface area (Å²) >= 11 is 3.33. The Balaban J connectivity index is 2.76. The summed E-state index contributed by atoms with van der Waals surface area (Å²) in [7, 11) is 1.55. The van der Waals surface area contributed by atoms with E-state index in [0.717, 1.165) is 10.0 Å². The molecule has 0 aliphatic carbocycles. The molecule has 0 saturated heterocycles. The van der Waals surface area contributed by atoms with Crippen molar-refractivity contribution in [1.29, 1.82) is 0 Å². The largest absolute Gasteiger partial charge is 0.496 e. The third kappa shape index (κ3) is 5.82. The van der Waals surface area contributed by atoms with Crippen molar-refractivity contribution in [3.63, 3.8) is 0 Å². The van der Waals surface area contributed by atoms with E-state index < -0.39 is 18.6 Å². The molecule has 0 bridgehead atoms. The van der Waals surface area contributed by atoms with Crippen LogP contribution in [0.1, 0.15) is 18.9 Å². The molecule has 0 aromatic heterocycles. The summed E-state index contributed by atoms with van der Waals surface area (Å²) in [6, 6.07) is 4.71. The molecular weight excluding hydrogens is 323 g/mol. The number of alkyl halides is 3. The van der Waals surface area contributed by atoms with Gasteiger partial charge in [-0.15, -0.1) is 0 Å². The third-order valence-corrected chi connectivity index (χ3v) is 3.29. The summed E-state index contributed by atoms with van der Waals surface area (Å²) < 4.78 is 43.2. The van der Waals surface area contributed by atoms with Crippen molar-refractivity contribution in [3.05, 3.63) is 28.2 Å². The Bertz CT molecular complexity index is 409. The SMILES string of the molecule is CCNC(Cc1ccc(OC)c(Br)c1)CC(F)(F)F. The van der Waals surface area contributed by atoms with E-state index in [2.05, 4.69) is 21.2 Å². The van der Waals surface area contributed by atoms with E-state index >= 15 is 0 Å². The fraction of sp³-hybridized carbons (Fsp3) is 0.538. The molecule has 1 rings (SSSR count). The summed E-state index contributed by atoms with van der Waals surface area (Å²) in [5, 5.41) is 2.87. The highest BCUT2D eigenvalue weighted by atomic mass is 79.9. The van der Waals surface area contributed by atoms with Gasteiger partial charge >= 0.3 is 6.18 Å². The summed E-state index contributed by atoms with van der Waals surface area (Å²) in [6.45, 7) is 2.31. The number of methoxy groups -OCH3 is 1. The highest BCUT2D eigenvalue weighted by molar-refractivity contribution is 9.10. The summed E-state index contributed by atoms with van der Waals surface area (Å²) in [5.41, 5.74) is 0.836. The maximum absolute atomic E-state index is 12.5. The van der Waals surface area contributed by atoms with Gasteiger partial charge in [-0.3, -0.25) is 0 Å². The molecule has 0 spiro atoms. The smallest absolute Gasteiger partial charge is 0.390 e. The van der Waals surface area contributed by atoms with Crippen molar-refractivity contribution >= 4 is 15.9 Å². The predicted octanol–water partition coefficient (Wildman–Crippen LogP) is 3.93. The standard InChI is InChI=1S/C13H17BrF3NO/c1-3-18-10(8-13(15,16)17)6-9-4-5-12(19-2)11(14)7-9/h4-5,7,10,18H,3,6,8H2,1-2H3. The van der Waals surface area contributed by atoms with Gasteiger partial charge < -0.3 is 10.1 Å². The van der Waals surface area contributed by atoms with Crippen LogP contribution in [0.4, 0.5) is 13.2 Å². The number of benzene rings is 1. The first-order valence-corrected chi connectivity index (χ1v) is 6.77. The van der Waals surface area contributed by atoms with Gasteiger partial charge in [-0.05, 0) is 46.6 Å². The average molecular weight is 340 g/mol. The van der Waals surface area contributed by atoms with Crippen LogP contribution in [0.15, 0.2) is 22.7 Å². The minimum atomic E-state index is -4.16. The molecule has 1 atom stereocenters. The van der Waals surface area contributed by atoms with Crippen molar-refractivity contribution in [2.24, 2.45) is 0 Å². The molecule has 1 N–H and O–H groups in total. The van der Waals surface area contributed by atoms with Gasteiger partial charge in [0.15, 0.2) is 0 Å².